The smallest absolute Gasteiger partial charge is 0.237 e. The number of likely N-dealkylation sites (tertiary alicyclic amines) is 2. The number of rotatable bonds is 4. The van der Waals surface area contributed by atoms with Gasteiger partial charge in [0.1, 0.15) is 0 Å². The molecule has 0 aromatic heterocycles. The second-order valence-electron chi connectivity index (χ2n) is 7.84. The zero-order chi connectivity index (χ0) is 16.9. The number of hydrogen-bond donors (Lipinski definition) is 0. The van der Waals surface area contributed by atoms with Gasteiger partial charge < -0.3 is 4.90 Å². The van der Waals surface area contributed by atoms with Crippen LogP contribution in [0.25, 0.3) is 0 Å². The molecule has 2 unspecified atom stereocenters. The first-order chi connectivity index (χ1) is 11.6. The van der Waals surface area contributed by atoms with Gasteiger partial charge in [0.2, 0.25) is 5.91 Å². The molecular formula is C21H32N2O. The molecule has 3 rings (SSSR count). The molecule has 3 nitrogen and oxygen atoms in total. The summed E-state index contributed by atoms with van der Waals surface area (Å²) in [6.07, 6.45) is 7.20. The minimum absolute atomic E-state index is 0.344. The van der Waals surface area contributed by atoms with Gasteiger partial charge >= 0.3 is 0 Å². The van der Waals surface area contributed by atoms with E-state index in [1.165, 1.54) is 31.2 Å². The molecule has 24 heavy (non-hydrogen) atoms. The molecule has 1 aromatic carbocycles. The summed E-state index contributed by atoms with van der Waals surface area (Å²) in [4.78, 5) is 17.3. The maximum atomic E-state index is 12.7. The molecule has 0 spiro atoms. The zero-order valence-corrected chi connectivity index (χ0v) is 15.3. The van der Waals surface area contributed by atoms with E-state index in [-0.39, 0.29) is 0 Å². The number of carbonyl (C=O) groups excluding carboxylic acids is 1. The Balaban J connectivity index is 1.46. The highest BCUT2D eigenvalue weighted by atomic mass is 16.2. The maximum absolute atomic E-state index is 12.7. The molecule has 3 heteroatoms. The van der Waals surface area contributed by atoms with E-state index < -0.39 is 0 Å². The Labute approximate surface area is 147 Å². The summed E-state index contributed by atoms with van der Waals surface area (Å²) in [6, 6.07) is 11.6. The summed E-state index contributed by atoms with van der Waals surface area (Å²) < 4.78 is 0. The zero-order valence-electron chi connectivity index (χ0n) is 15.3. The van der Waals surface area contributed by atoms with Crippen LogP contribution in [-0.4, -0.2) is 47.4 Å². The van der Waals surface area contributed by atoms with Crippen LogP contribution in [-0.2, 0) is 11.2 Å². The van der Waals surface area contributed by atoms with E-state index >= 15 is 0 Å². The van der Waals surface area contributed by atoms with Crippen LogP contribution in [0.5, 0.6) is 0 Å². The summed E-state index contributed by atoms with van der Waals surface area (Å²) in [5.74, 6) is 1.11. The Kier molecular flexibility index (Phi) is 5.94. The molecule has 0 bridgehead atoms. The molecule has 132 valence electrons. The molecule has 0 radical (unpaired) electrons. The lowest BCUT2D eigenvalue weighted by Crippen LogP contribution is -2.51. The standard InChI is InChI=1S/C21H32N2O/c1-17-7-6-8-18(2)23(17)21(24)16-22-13-11-20(12-14-22)15-19-9-4-3-5-10-19/h3-5,9-10,17-18,20H,6-8,11-16H2,1-2H3. The van der Waals surface area contributed by atoms with Gasteiger partial charge in [-0.1, -0.05) is 30.3 Å². The fraction of sp³-hybridized carbons (Fsp3) is 0.667. The van der Waals surface area contributed by atoms with E-state index in [4.69, 9.17) is 0 Å². The highest BCUT2D eigenvalue weighted by Crippen LogP contribution is 2.24. The average molecular weight is 329 g/mol. The molecule has 2 aliphatic heterocycles. The first-order valence-electron chi connectivity index (χ1n) is 9.71. The van der Waals surface area contributed by atoms with E-state index in [1.54, 1.807) is 0 Å². The van der Waals surface area contributed by atoms with Gasteiger partial charge in [-0.3, -0.25) is 9.69 Å². The predicted octanol–water partition coefficient (Wildman–Crippen LogP) is 3.73. The van der Waals surface area contributed by atoms with Crippen LogP contribution < -0.4 is 0 Å². The van der Waals surface area contributed by atoms with Crippen molar-refractivity contribution in [2.24, 2.45) is 5.92 Å². The Morgan fingerprint density at radius 3 is 2.25 bits per heavy atom. The molecule has 0 aliphatic carbocycles. The van der Waals surface area contributed by atoms with E-state index in [2.05, 4.69) is 54.0 Å². The van der Waals surface area contributed by atoms with E-state index in [9.17, 15) is 4.79 Å². The fourth-order valence-corrected chi connectivity index (χ4v) is 4.48. The van der Waals surface area contributed by atoms with Crippen molar-refractivity contribution in [3.8, 4) is 0 Å². The van der Waals surface area contributed by atoms with Crippen LogP contribution in [0, 0.1) is 5.92 Å². The van der Waals surface area contributed by atoms with Gasteiger partial charge in [-0.25, -0.2) is 0 Å². The number of carbonyl (C=O) groups is 1. The van der Waals surface area contributed by atoms with Gasteiger partial charge in [-0.2, -0.15) is 0 Å². The summed E-state index contributed by atoms with van der Waals surface area (Å²) in [7, 11) is 0. The molecule has 2 atom stereocenters. The summed E-state index contributed by atoms with van der Waals surface area (Å²) in [5, 5.41) is 0. The third-order valence-electron chi connectivity index (χ3n) is 5.91. The normalized spacial score (nSPS) is 26.5. The first-order valence-corrected chi connectivity index (χ1v) is 9.71. The van der Waals surface area contributed by atoms with Gasteiger partial charge in [0.25, 0.3) is 0 Å². The third-order valence-corrected chi connectivity index (χ3v) is 5.91. The van der Waals surface area contributed by atoms with Crippen molar-refractivity contribution in [2.45, 2.75) is 64.5 Å². The van der Waals surface area contributed by atoms with E-state index in [0.29, 0.717) is 24.5 Å². The van der Waals surface area contributed by atoms with Crippen molar-refractivity contribution in [3.05, 3.63) is 35.9 Å². The molecule has 2 aliphatic rings. The van der Waals surface area contributed by atoms with Crippen molar-refractivity contribution >= 4 is 5.91 Å². The summed E-state index contributed by atoms with van der Waals surface area (Å²) in [6.45, 7) is 7.17. The lowest BCUT2D eigenvalue weighted by molar-refractivity contribution is -0.138. The maximum Gasteiger partial charge on any atom is 0.237 e. The Bertz CT molecular complexity index is 512. The lowest BCUT2D eigenvalue weighted by atomic mass is 9.90. The summed E-state index contributed by atoms with van der Waals surface area (Å²) >= 11 is 0. The van der Waals surface area contributed by atoms with Gasteiger partial charge in [-0.05, 0) is 76.9 Å². The minimum atomic E-state index is 0.344. The van der Waals surface area contributed by atoms with Crippen molar-refractivity contribution in [3.63, 3.8) is 0 Å². The molecule has 0 saturated carbocycles. The molecular weight excluding hydrogens is 296 g/mol. The monoisotopic (exact) mass is 328 g/mol. The Morgan fingerprint density at radius 1 is 1.00 bits per heavy atom. The number of benzene rings is 1. The number of nitrogens with zero attached hydrogens (tertiary/aromatic N) is 2. The fourth-order valence-electron chi connectivity index (χ4n) is 4.48. The molecule has 2 fully saturated rings. The molecule has 2 saturated heterocycles. The molecule has 1 amide bonds. The van der Waals surface area contributed by atoms with E-state index in [1.807, 2.05) is 0 Å². The second kappa shape index (κ2) is 8.15. The Morgan fingerprint density at radius 2 is 1.62 bits per heavy atom. The Hall–Kier alpha value is -1.35. The van der Waals surface area contributed by atoms with Gasteiger partial charge in [0.15, 0.2) is 0 Å². The van der Waals surface area contributed by atoms with Crippen LogP contribution in [0.2, 0.25) is 0 Å². The molecule has 0 N–H and O–H groups in total. The largest absolute Gasteiger partial charge is 0.336 e. The van der Waals surface area contributed by atoms with E-state index in [0.717, 1.165) is 31.8 Å². The highest BCUT2D eigenvalue weighted by Gasteiger charge is 2.30. The van der Waals surface area contributed by atoms with Crippen LogP contribution in [0.4, 0.5) is 0 Å². The average Bonchev–Trinajstić information content (AvgIpc) is 2.57. The number of hydrogen-bond acceptors (Lipinski definition) is 2. The van der Waals surface area contributed by atoms with Crippen LogP contribution in [0.15, 0.2) is 30.3 Å². The van der Waals surface area contributed by atoms with Gasteiger partial charge in [0, 0.05) is 12.1 Å². The van der Waals surface area contributed by atoms with Crippen LogP contribution >= 0.6 is 0 Å². The number of amides is 1. The van der Waals surface area contributed by atoms with Gasteiger partial charge in [-0.15, -0.1) is 0 Å². The highest BCUT2D eigenvalue weighted by molar-refractivity contribution is 5.79. The van der Waals surface area contributed by atoms with Gasteiger partial charge in [0.05, 0.1) is 6.54 Å². The molecule has 1 aromatic rings. The molecule has 2 heterocycles. The van der Waals surface area contributed by atoms with Crippen molar-refractivity contribution in [1.29, 1.82) is 0 Å². The third kappa shape index (κ3) is 4.38. The van der Waals surface area contributed by atoms with Crippen molar-refractivity contribution in [1.82, 2.24) is 9.80 Å². The van der Waals surface area contributed by atoms with Crippen molar-refractivity contribution < 1.29 is 4.79 Å². The number of piperidine rings is 2. The minimum Gasteiger partial charge on any atom is -0.336 e. The first kappa shape index (κ1) is 17.5. The van der Waals surface area contributed by atoms with Crippen LogP contribution in [0.3, 0.4) is 0 Å². The topological polar surface area (TPSA) is 23.6 Å². The quantitative estimate of drug-likeness (QED) is 0.841. The summed E-state index contributed by atoms with van der Waals surface area (Å²) in [5.41, 5.74) is 1.45. The van der Waals surface area contributed by atoms with Crippen LogP contribution in [0.1, 0.15) is 51.5 Å². The lowest BCUT2D eigenvalue weighted by Gasteiger charge is -2.41. The SMILES string of the molecule is CC1CCCC(C)N1C(=O)CN1CCC(Cc2ccccc2)CC1. The van der Waals surface area contributed by atoms with Crippen molar-refractivity contribution in [2.75, 3.05) is 19.6 Å². The predicted molar refractivity (Wildman–Crippen MR) is 98.9 cm³/mol. The second-order valence-corrected chi connectivity index (χ2v) is 7.84.